The molecule has 0 aliphatic heterocycles. The van der Waals surface area contributed by atoms with Gasteiger partial charge in [-0.2, -0.15) is 5.10 Å². The second-order valence-electron chi connectivity index (χ2n) is 6.80. The topological polar surface area (TPSA) is 83.3 Å². The maximum atomic E-state index is 12.5. The number of nitrogens with zero attached hydrogens (tertiary/aromatic N) is 4. The first-order valence-corrected chi connectivity index (χ1v) is 7.89. The van der Waals surface area contributed by atoms with E-state index >= 15 is 0 Å². The Morgan fingerprint density at radius 3 is 2.67 bits per heavy atom. The van der Waals surface area contributed by atoms with Crippen molar-refractivity contribution in [1.29, 1.82) is 0 Å². The van der Waals surface area contributed by atoms with Crippen LogP contribution in [0.4, 0.5) is 10.6 Å². The van der Waals surface area contributed by atoms with Crippen LogP contribution in [0.5, 0.6) is 0 Å². The zero-order valence-corrected chi connectivity index (χ0v) is 14.6. The Morgan fingerprint density at radius 1 is 1.33 bits per heavy atom. The molecular formula is C17H25N5O2. The van der Waals surface area contributed by atoms with E-state index in [2.05, 4.69) is 15.4 Å². The first kappa shape index (κ1) is 17.9. The number of likely N-dealkylation sites (N-methyl/N-ethyl adjacent to an activating group) is 1. The predicted molar refractivity (Wildman–Crippen MR) is 92.7 cm³/mol. The van der Waals surface area contributed by atoms with Gasteiger partial charge in [0.2, 0.25) is 0 Å². The number of hydrogen-bond donors (Lipinski definition) is 2. The van der Waals surface area contributed by atoms with Crippen molar-refractivity contribution in [3.8, 4) is 0 Å². The van der Waals surface area contributed by atoms with E-state index < -0.39 is 0 Å². The number of rotatable bonds is 5. The Hall–Kier alpha value is -2.41. The molecule has 0 spiro atoms. The van der Waals surface area contributed by atoms with Crippen molar-refractivity contribution >= 4 is 11.8 Å². The van der Waals surface area contributed by atoms with Gasteiger partial charge in [-0.15, -0.1) is 0 Å². The molecule has 0 aliphatic rings. The quantitative estimate of drug-likeness (QED) is 0.880. The predicted octanol–water partition coefficient (Wildman–Crippen LogP) is 2.20. The molecule has 0 bridgehead atoms. The van der Waals surface area contributed by atoms with Gasteiger partial charge in [-0.3, -0.25) is 10.3 Å². The SMILES string of the molecule is CN(C(=O)Nc1ccnn1Cc1ccccn1)C(CO)C(C)(C)C. The van der Waals surface area contributed by atoms with Gasteiger partial charge in [-0.05, 0) is 17.5 Å². The van der Waals surface area contributed by atoms with Crippen LogP contribution in [0.3, 0.4) is 0 Å². The summed E-state index contributed by atoms with van der Waals surface area (Å²) in [4.78, 5) is 18.3. The minimum absolute atomic E-state index is 0.0966. The van der Waals surface area contributed by atoms with Crippen LogP contribution in [0, 0.1) is 5.41 Å². The molecule has 2 aromatic heterocycles. The van der Waals surface area contributed by atoms with Gasteiger partial charge in [0.05, 0.1) is 31.1 Å². The highest BCUT2D eigenvalue weighted by molar-refractivity contribution is 5.88. The largest absolute Gasteiger partial charge is 0.394 e. The molecule has 7 nitrogen and oxygen atoms in total. The van der Waals surface area contributed by atoms with Crippen molar-refractivity contribution in [3.63, 3.8) is 0 Å². The van der Waals surface area contributed by atoms with Gasteiger partial charge in [0, 0.05) is 19.3 Å². The van der Waals surface area contributed by atoms with Crippen LogP contribution in [0.2, 0.25) is 0 Å². The number of aliphatic hydroxyl groups is 1. The third-order valence-corrected chi connectivity index (χ3v) is 3.95. The van der Waals surface area contributed by atoms with E-state index in [4.69, 9.17) is 0 Å². The lowest BCUT2D eigenvalue weighted by molar-refractivity contribution is 0.0885. The third kappa shape index (κ3) is 4.32. The number of aliphatic hydroxyl groups excluding tert-OH is 1. The van der Waals surface area contributed by atoms with E-state index in [0.29, 0.717) is 12.4 Å². The number of carbonyl (C=O) groups excluding carboxylic acids is 1. The number of pyridine rings is 1. The molecule has 1 atom stereocenters. The van der Waals surface area contributed by atoms with Crippen molar-refractivity contribution in [2.45, 2.75) is 33.4 Å². The summed E-state index contributed by atoms with van der Waals surface area (Å²) in [6.07, 6.45) is 3.35. The van der Waals surface area contributed by atoms with Crippen molar-refractivity contribution in [3.05, 3.63) is 42.4 Å². The summed E-state index contributed by atoms with van der Waals surface area (Å²) in [7, 11) is 1.68. The summed E-state index contributed by atoms with van der Waals surface area (Å²) in [6.45, 7) is 6.34. The average molecular weight is 331 g/mol. The Bertz CT molecular complexity index is 663. The molecule has 0 aliphatic carbocycles. The minimum Gasteiger partial charge on any atom is -0.394 e. The zero-order valence-electron chi connectivity index (χ0n) is 14.6. The molecule has 24 heavy (non-hydrogen) atoms. The number of anilines is 1. The third-order valence-electron chi connectivity index (χ3n) is 3.95. The standard InChI is InChI=1S/C17H25N5O2/c1-17(2,3)14(12-23)21(4)16(24)20-15-8-10-19-22(15)11-13-7-5-6-9-18-13/h5-10,14,23H,11-12H2,1-4H3,(H,20,24). The zero-order chi connectivity index (χ0) is 17.7. The first-order valence-electron chi connectivity index (χ1n) is 7.89. The summed E-state index contributed by atoms with van der Waals surface area (Å²) in [5, 5.41) is 16.7. The molecule has 0 radical (unpaired) electrons. The van der Waals surface area contributed by atoms with E-state index in [1.54, 1.807) is 30.2 Å². The maximum absolute atomic E-state index is 12.5. The number of nitrogens with one attached hydrogen (secondary N) is 1. The van der Waals surface area contributed by atoms with Crippen molar-refractivity contribution in [2.24, 2.45) is 5.41 Å². The molecular weight excluding hydrogens is 306 g/mol. The van der Waals surface area contributed by atoms with Crippen molar-refractivity contribution in [1.82, 2.24) is 19.7 Å². The molecule has 7 heteroatoms. The molecule has 1 unspecified atom stereocenters. The smallest absolute Gasteiger partial charge is 0.323 e. The van der Waals surface area contributed by atoms with E-state index in [1.165, 1.54) is 4.90 Å². The van der Waals surface area contributed by atoms with Crippen LogP contribution in [-0.4, -0.2) is 50.5 Å². The van der Waals surface area contributed by atoms with Crippen LogP contribution in [0.1, 0.15) is 26.5 Å². The van der Waals surface area contributed by atoms with Crippen LogP contribution in [-0.2, 0) is 6.54 Å². The van der Waals surface area contributed by atoms with Gasteiger partial charge in [-0.1, -0.05) is 26.8 Å². The number of carbonyl (C=O) groups is 1. The molecule has 0 saturated carbocycles. The molecule has 0 aromatic carbocycles. The van der Waals surface area contributed by atoms with Gasteiger partial charge in [0.15, 0.2) is 0 Å². The number of urea groups is 1. The Balaban J connectivity index is 2.09. The lowest BCUT2D eigenvalue weighted by atomic mass is 9.86. The number of hydrogen-bond acceptors (Lipinski definition) is 4. The fourth-order valence-electron chi connectivity index (χ4n) is 2.53. The molecule has 130 valence electrons. The summed E-state index contributed by atoms with van der Waals surface area (Å²) in [5.74, 6) is 0.586. The maximum Gasteiger partial charge on any atom is 0.323 e. The summed E-state index contributed by atoms with van der Waals surface area (Å²) in [6, 6.07) is 6.83. The Morgan fingerprint density at radius 2 is 2.08 bits per heavy atom. The van der Waals surface area contributed by atoms with Gasteiger partial charge in [-0.25, -0.2) is 9.48 Å². The fraction of sp³-hybridized carbons (Fsp3) is 0.471. The van der Waals surface area contributed by atoms with Crippen molar-refractivity contribution < 1.29 is 9.90 Å². The van der Waals surface area contributed by atoms with Gasteiger partial charge >= 0.3 is 6.03 Å². The minimum atomic E-state index is -0.287. The van der Waals surface area contributed by atoms with Gasteiger partial charge in [0.1, 0.15) is 5.82 Å². The molecule has 2 aromatic rings. The molecule has 2 amide bonds. The van der Waals surface area contributed by atoms with Crippen LogP contribution in [0.15, 0.2) is 36.7 Å². The lowest BCUT2D eigenvalue weighted by Gasteiger charge is -2.36. The van der Waals surface area contributed by atoms with Gasteiger partial charge < -0.3 is 10.0 Å². The highest BCUT2D eigenvalue weighted by Gasteiger charge is 2.30. The number of aromatic nitrogens is 3. The van der Waals surface area contributed by atoms with Crippen molar-refractivity contribution in [2.75, 3.05) is 19.0 Å². The monoisotopic (exact) mass is 331 g/mol. The fourth-order valence-corrected chi connectivity index (χ4v) is 2.53. The molecule has 2 rings (SSSR count). The van der Waals surface area contributed by atoms with E-state index in [1.807, 2.05) is 39.0 Å². The summed E-state index contributed by atoms with van der Waals surface area (Å²) >= 11 is 0. The molecule has 2 heterocycles. The Labute approximate surface area is 142 Å². The molecule has 0 saturated heterocycles. The average Bonchev–Trinajstić information content (AvgIpc) is 2.94. The second kappa shape index (κ2) is 7.44. The van der Waals surface area contributed by atoms with E-state index in [0.717, 1.165) is 5.69 Å². The lowest BCUT2D eigenvalue weighted by Crippen LogP contribution is -2.49. The van der Waals surface area contributed by atoms with E-state index in [9.17, 15) is 9.90 Å². The van der Waals surface area contributed by atoms with E-state index in [-0.39, 0.29) is 24.1 Å². The molecule has 2 N–H and O–H groups in total. The van der Waals surface area contributed by atoms with Crippen LogP contribution < -0.4 is 5.32 Å². The Kier molecular flexibility index (Phi) is 5.56. The number of amides is 2. The first-order chi connectivity index (χ1) is 11.3. The summed E-state index contributed by atoms with van der Waals surface area (Å²) in [5.41, 5.74) is 0.627. The normalized spacial score (nSPS) is 12.7. The van der Waals surface area contributed by atoms with Crippen LogP contribution >= 0.6 is 0 Å². The van der Waals surface area contributed by atoms with Crippen LogP contribution in [0.25, 0.3) is 0 Å². The summed E-state index contributed by atoms with van der Waals surface area (Å²) < 4.78 is 1.68. The second-order valence-corrected chi connectivity index (χ2v) is 6.80. The molecule has 0 fully saturated rings. The highest BCUT2D eigenvalue weighted by atomic mass is 16.3. The highest BCUT2D eigenvalue weighted by Crippen LogP contribution is 2.23. The van der Waals surface area contributed by atoms with Gasteiger partial charge in [0.25, 0.3) is 0 Å².